The molecule has 4 aromatic carbocycles. The highest BCUT2D eigenvalue weighted by molar-refractivity contribution is 9.10. The van der Waals surface area contributed by atoms with Crippen molar-refractivity contribution >= 4 is 50.0 Å². The Hall–Kier alpha value is -3.67. The minimum Gasteiger partial charge on any atom is -0.489 e. The maximum absolute atomic E-state index is 13.9. The van der Waals surface area contributed by atoms with Crippen molar-refractivity contribution in [2.24, 2.45) is 0 Å². The number of rotatable bonds is 6. The third-order valence-corrected chi connectivity index (χ3v) is 8.23. The SMILES string of the molecule is Cc1cc(C)c2nc(-c3ccc(OCc4ccccc4)cc3)c(C)c(C(=O)Nc3ccc(Br)c(Cl)c3C)c2c1. The normalized spacial score (nSPS) is 11.0. The Labute approximate surface area is 242 Å². The van der Waals surface area contributed by atoms with Crippen LogP contribution in [0.1, 0.15) is 38.2 Å². The van der Waals surface area contributed by atoms with Gasteiger partial charge in [0, 0.05) is 21.1 Å². The summed E-state index contributed by atoms with van der Waals surface area (Å²) in [6, 6.07) is 25.8. The molecule has 5 rings (SSSR count). The van der Waals surface area contributed by atoms with E-state index in [0.29, 0.717) is 22.9 Å². The molecule has 6 heteroatoms. The number of hydrogen-bond donors (Lipinski definition) is 1. The monoisotopic (exact) mass is 598 g/mol. The number of carbonyl (C=O) groups excluding carboxylic acids is 1. The number of benzene rings is 4. The van der Waals surface area contributed by atoms with E-state index in [1.807, 2.05) is 100 Å². The number of amides is 1. The number of anilines is 1. The standard InChI is InChI=1S/C33H28BrClN2O2/c1-19-16-20(2)31-26(17-19)29(33(38)36-28-15-14-27(34)30(35)21(28)3)22(4)32(37-31)24-10-12-25(13-11-24)39-18-23-8-6-5-7-9-23/h5-17H,18H2,1-4H3,(H,36,38). The molecule has 0 bridgehead atoms. The number of ether oxygens (including phenoxy) is 1. The zero-order valence-corrected chi connectivity index (χ0v) is 24.6. The number of pyridine rings is 1. The first-order chi connectivity index (χ1) is 18.7. The molecule has 0 unspecified atom stereocenters. The van der Waals surface area contributed by atoms with Crippen molar-refractivity contribution in [3.05, 3.63) is 122 Å². The molecule has 0 saturated carbocycles. The van der Waals surface area contributed by atoms with Crippen molar-refractivity contribution in [3.63, 3.8) is 0 Å². The fraction of sp³-hybridized carbons (Fsp3) is 0.152. The van der Waals surface area contributed by atoms with Crippen LogP contribution in [0.25, 0.3) is 22.2 Å². The molecule has 0 radical (unpaired) electrons. The van der Waals surface area contributed by atoms with Gasteiger partial charge in [0.2, 0.25) is 0 Å². The van der Waals surface area contributed by atoms with Crippen LogP contribution < -0.4 is 10.1 Å². The van der Waals surface area contributed by atoms with E-state index < -0.39 is 0 Å². The summed E-state index contributed by atoms with van der Waals surface area (Å²) in [5, 5.41) is 4.50. The molecule has 0 spiro atoms. The summed E-state index contributed by atoms with van der Waals surface area (Å²) < 4.78 is 6.76. The van der Waals surface area contributed by atoms with E-state index >= 15 is 0 Å². The summed E-state index contributed by atoms with van der Waals surface area (Å²) in [4.78, 5) is 18.9. The van der Waals surface area contributed by atoms with Crippen LogP contribution in [0.3, 0.4) is 0 Å². The average Bonchev–Trinajstić information content (AvgIpc) is 2.93. The summed E-state index contributed by atoms with van der Waals surface area (Å²) >= 11 is 9.89. The summed E-state index contributed by atoms with van der Waals surface area (Å²) in [5.74, 6) is 0.573. The smallest absolute Gasteiger partial charge is 0.256 e. The highest BCUT2D eigenvalue weighted by atomic mass is 79.9. The topological polar surface area (TPSA) is 51.2 Å². The average molecular weight is 600 g/mol. The van der Waals surface area contributed by atoms with E-state index in [1.54, 1.807) is 0 Å². The lowest BCUT2D eigenvalue weighted by Gasteiger charge is -2.18. The Bertz CT molecular complexity index is 1700. The number of nitrogens with one attached hydrogen (secondary N) is 1. The summed E-state index contributed by atoms with van der Waals surface area (Å²) in [6.45, 7) is 8.40. The number of aryl methyl sites for hydroxylation is 2. The number of hydrogen-bond acceptors (Lipinski definition) is 3. The molecule has 1 amide bonds. The van der Waals surface area contributed by atoms with E-state index in [-0.39, 0.29) is 5.91 Å². The Morgan fingerprint density at radius 2 is 1.64 bits per heavy atom. The molecule has 1 N–H and O–H groups in total. The highest BCUT2D eigenvalue weighted by Gasteiger charge is 2.21. The molecule has 0 saturated heterocycles. The van der Waals surface area contributed by atoms with Gasteiger partial charge in [-0.05, 0) is 108 Å². The second-order valence-corrected chi connectivity index (χ2v) is 11.0. The zero-order chi connectivity index (χ0) is 27.7. The van der Waals surface area contributed by atoms with Gasteiger partial charge in [0.25, 0.3) is 5.91 Å². The molecular formula is C33H28BrClN2O2. The van der Waals surface area contributed by atoms with Gasteiger partial charge in [-0.15, -0.1) is 0 Å². The fourth-order valence-corrected chi connectivity index (χ4v) is 5.41. The van der Waals surface area contributed by atoms with Gasteiger partial charge < -0.3 is 10.1 Å². The third-order valence-electron chi connectivity index (χ3n) is 6.86. The highest BCUT2D eigenvalue weighted by Crippen LogP contribution is 2.35. The van der Waals surface area contributed by atoms with Crippen molar-refractivity contribution in [1.82, 2.24) is 4.98 Å². The van der Waals surface area contributed by atoms with Gasteiger partial charge in [-0.1, -0.05) is 53.6 Å². The van der Waals surface area contributed by atoms with Crippen LogP contribution in [0, 0.1) is 27.7 Å². The molecule has 0 aliphatic carbocycles. The molecule has 0 fully saturated rings. The van der Waals surface area contributed by atoms with Gasteiger partial charge in [0.05, 0.1) is 21.8 Å². The third kappa shape index (κ3) is 5.56. The molecule has 1 aromatic heterocycles. The maximum atomic E-state index is 13.9. The van der Waals surface area contributed by atoms with Gasteiger partial charge in [-0.25, -0.2) is 4.98 Å². The lowest BCUT2D eigenvalue weighted by molar-refractivity contribution is 0.102. The Balaban J connectivity index is 1.55. The zero-order valence-electron chi connectivity index (χ0n) is 22.2. The van der Waals surface area contributed by atoms with E-state index in [1.165, 1.54) is 0 Å². The Morgan fingerprint density at radius 1 is 0.923 bits per heavy atom. The summed E-state index contributed by atoms with van der Waals surface area (Å²) in [6.07, 6.45) is 0. The van der Waals surface area contributed by atoms with Crippen LogP contribution in [0.15, 0.2) is 83.3 Å². The number of carbonyl (C=O) groups is 1. The lowest BCUT2D eigenvalue weighted by Crippen LogP contribution is -2.16. The number of halogens is 2. The predicted octanol–water partition coefficient (Wildman–Crippen LogP) is 9.38. The number of nitrogens with zero attached hydrogens (tertiary/aromatic N) is 1. The van der Waals surface area contributed by atoms with Crippen LogP contribution in [0.2, 0.25) is 5.02 Å². The minimum atomic E-state index is -0.199. The first-order valence-electron chi connectivity index (χ1n) is 12.7. The second-order valence-electron chi connectivity index (χ2n) is 9.73. The molecule has 196 valence electrons. The molecule has 1 heterocycles. The molecule has 0 aliphatic rings. The summed E-state index contributed by atoms with van der Waals surface area (Å²) in [7, 11) is 0. The van der Waals surface area contributed by atoms with Gasteiger partial charge in [-0.3, -0.25) is 4.79 Å². The van der Waals surface area contributed by atoms with Crippen LogP contribution in [-0.4, -0.2) is 10.9 Å². The minimum absolute atomic E-state index is 0.199. The van der Waals surface area contributed by atoms with Gasteiger partial charge in [0.1, 0.15) is 12.4 Å². The Morgan fingerprint density at radius 3 is 2.36 bits per heavy atom. The van der Waals surface area contributed by atoms with Crippen molar-refractivity contribution in [3.8, 4) is 17.0 Å². The maximum Gasteiger partial charge on any atom is 0.256 e. The van der Waals surface area contributed by atoms with Crippen LogP contribution in [0.4, 0.5) is 5.69 Å². The van der Waals surface area contributed by atoms with Gasteiger partial charge in [0.15, 0.2) is 0 Å². The van der Waals surface area contributed by atoms with Crippen LogP contribution in [-0.2, 0) is 6.61 Å². The number of aromatic nitrogens is 1. The molecule has 4 nitrogen and oxygen atoms in total. The second kappa shape index (κ2) is 11.2. The first-order valence-corrected chi connectivity index (χ1v) is 13.8. The fourth-order valence-electron chi connectivity index (χ4n) is 4.81. The van der Waals surface area contributed by atoms with Crippen molar-refractivity contribution in [2.75, 3.05) is 5.32 Å². The molecule has 5 aromatic rings. The van der Waals surface area contributed by atoms with E-state index in [0.717, 1.165) is 60.2 Å². The Kier molecular flexibility index (Phi) is 7.74. The number of fused-ring (bicyclic) bond motifs is 1. The van der Waals surface area contributed by atoms with Crippen LogP contribution >= 0.6 is 27.5 Å². The lowest BCUT2D eigenvalue weighted by atomic mass is 9.94. The van der Waals surface area contributed by atoms with Crippen LogP contribution in [0.5, 0.6) is 5.75 Å². The quantitative estimate of drug-likeness (QED) is 0.212. The van der Waals surface area contributed by atoms with E-state index in [4.69, 9.17) is 21.3 Å². The molecular weight excluding hydrogens is 572 g/mol. The molecule has 0 atom stereocenters. The van der Waals surface area contributed by atoms with Gasteiger partial charge in [-0.2, -0.15) is 0 Å². The predicted molar refractivity (Wildman–Crippen MR) is 164 cm³/mol. The van der Waals surface area contributed by atoms with Crippen molar-refractivity contribution in [1.29, 1.82) is 0 Å². The first kappa shape index (κ1) is 26.9. The summed E-state index contributed by atoms with van der Waals surface area (Å²) in [5.41, 5.74) is 8.57. The molecule has 0 aliphatic heterocycles. The van der Waals surface area contributed by atoms with E-state index in [2.05, 4.69) is 27.3 Å². The van der Waals surface area contributed by atoms with E-state index in [9.17, 15) is 4.79 Å². The van der Waals surface area contributed by atoms with Crippen molar-refractivity contribution < 1.29 is 9.53 Å². The van der Waals surface area contributed by atoms with Gasteiger partial charge >= 0.3 is 0 Å². The van der Waals surface area contributed by atoms with Crippen molar-refractivity contribution in [2.45, 2.75) is 34.3 Å². The largest absolute Gasteiger partial charge is 0.489 e. The molecule has 39 heavy (non-hydrogen) atoms.